The molecule has 0 saturated heterocycles. The van der Waals surface area contributed by atoms with Crippen LogP contribution in [0.2, 0.25) is 0 Å². The average Bonchev–Trinajstić information content (AvgIpc) is 2.48. The molecule has 1 rings (SSSR count). The van der Waals surface area contributed by atoms with Gasteiger partial charge in [-0.1, -0.05) is 43.7 Å². The number of hydrogen-bond donors (Lipinski definition) is 0. The molecule has 22 heavy (non-hydrogen) atoms. The van der Waals surface area contributed by atoms with E-state index in [0.717, 1.165) is 31.5 Å². The first kappa shape index (κ1) is 18.2. The highest BCUT2D eigenvalue weighted by molar-refractivity contribution is 5.83. The van der Waals surface area contributed by atoms with Crippen LogP contribution in [-0.4, -0.2) is 41.2 Å². The molecule has 0 aromatic heterocycles. The summed E-state index contributed by atoms with van der Waals surface area (Å²) in [6.07, 6.45) is 1.87. The number of hydrogen-bond acceptors (Lipinski definition) is 2. The number of rotatable bonds is 8. The average molecular weight is 304 g/mol. The van der Waals surface area contributed by atoms with Gasteiger partial charge in [-0.25, -0.2) is 0 Å². The zero-order chi connectivity index (χ0) is 16.5. The highest BCUT2D eigenvalue weighted by Crippen LogP contribution is 2.08. The van der Waals surface area contributed by atoms with Crippen LogP contribution < -0.4 is 0 Å². The molecule has 0 bridgehead atoms. The molecule has 0 saturated carbocycles. The van der Waals surface area contributed by atoms with Crippen molar-refractivity contribution in [2.45, 2.75) is 47.1 Å². The van der Waals surface area contributed by atoms with Crippen LogP contribution in [0.3, 0.4) is 0 Å². The molecule has 0 fully saturated rings. The quantitative estimate of drug-likeness (QED) is 0.741. The van der Waals surface area contributed by atoms with Crippen molar-refractivity contribution in [3.63, 3.8) is 0 Å². The van der Waals surface area contributed by atoms with Gasteiger partial charge < -0.3 is 9.80 Å². The molecular weight excluding hydrogens is 276 g/mol. The van der Waals surface area contributed by atoms with E-state index in [2.05, 4.69) is 13.8 Å². The van der Waals surface area contributed by atoms with E-state index >= 15 is 0 Å². The summed E-state index contributed by atoms with van der Waals surface area (Å²) < 4.78 is 0. The molecule has 0 aliphatic heterocycles. The molecule has 122 valence electrons. The summed E-state index contributed by atoms with van der Waals surface area (Å²) in [6.45, 7) is 9.81. The Hall–Kier alpha value is -1.84. The number of carbonyl (C=O) groups excluding carboxylic acids is 2. The van der Waals surface area contributed by atoms with Crippen LogP contribution >= 0.6 is 0 Å². The van der Waals surface area contributed by atoms with Gasteiger partial charge in [0.1, 0.15) is 6.54 Å². The predicted molar refractivity (Wildman–Crippen MR) is 89.4 cm³/mol. The Labute approximate surface area is 134 Å². The summed E-state index contributed by atoms with van der Waals surface area (Å²) in [4.78, 5) is 27.7. The normalized spacial score (nSPS) is 10.4. The van der Waals surface area contributed by atoms with Crippen LogP contribution in [0.5, 0.6) is 0 Å². The van der Waals surface area contributed by atoms with Crippen molar-refractivity contribution in [1.29, 1.82) is 0 Å². The monoisotopic (exact) mass is 304 g/mol. The van der Waals surface area contributed by atoms with E-state index in [1.54, 1.807) is 4.90 Å². The second-order valence-corrected chi connectivity index (χ2v) is 5.74. The van der Waals surface area contributed by atoms with Gasteiger partial charge in [0.2, 0.25) is 11.8 Å². The Bertz CT molecular complexity index is 476. The van der Waals surface area contributed by atoms with Crippen LogP contribution in [0.15, 0.2) is 24.3 Å². The Balaban J connectivity index is 2.72. The van der Waals surface area contributed by atoms with E-state index in [1.807, 2.05) is 36.1 Å². The van der Waals surface area contributed by atoms with Gasteiger partial charge in [-0.2, -0.15) is 0 Å². The second-order valence-electron chi connectivity index (χ2n) is 5.74. The lowest BCUT2D eigenvalue weighted by atomic mass is 10.1. The van der Waals surface area contributed by atoms with Crippen molar-refractivity contribution in [1.82, 2.24) is 9.80 Å². The third kappa shape index (κ3) is 5.88. The molecule has 0 aliphatic rings. The lowest BCUT2D eigenvalue weighted by molar-refractivity contribution is -0.140. The minimum atomic E-state index is -0.0677. The second kappa shape index (κ2) is 9.23. The fourth-order valence-corrected chi connectivity index (χ4v) is 2.36. The molecule has 1 aromatic rings. The molecule has 0 atom stereocenters. The Morgan fingerprint density at radius 2 is 1.50 bits per heavy atom. The minimum Gasteiger partial charge on any atom is -0.341 e. The molecule has 0 aliphatic carbocycles. The first-order valence-corrected chi connectivity index (χ1v) is 8.06. The fourth-order valence-electron chi connectivity index (χ4n) is 2.36. The van der Waals surface area contributed by atoms with Crippen molar-refractivity contribution < 1.29 is 9.59 Å². The van der Waals surface area contributed by atoms with Crippen molar-refractivity contribution in [3.8, 4) is 0 Å². The van der Waals surface area contributed by atoms with Gasteiger partial charge in [0, 0.05) is 26.6 Å². The van der Waals surface area contributed by atoms with Crippen molar-refractivity contribution in [3.05, 3.63) is 35.4 Å². The van der Waals surface area contributed by atoms with Crippen molar-refractivity contribution in [2.75, 3.05) is 19.6 Å². The van der Waals surface area contributed by atoms with E-state index in [9.17, 15) is 9.59 Å². The topological polar surface area (TPSA) is 40.6 Å². The van der Waals surface area contributed by atoms with E-state index in [1.165, 1.54) is 12.5 Å². The van der Waals surface area contributed by atoms with Crippen LogP contribution in [0.1, 0.15) is 44.7 Å². The van der Waals surface area contributed by atoms with Crippen LogP contribution in [0.4, 0.5) is 0 Å². The van der Waals surface area contributed by atoms with E-state index < -0.39 is 0 Å². The number of carbonyl (C=O) groups is 2. The summed E-state index contributed by atoms with van der Waals surface area (Å²) in [5.74, 6) is -0.0344. The minimum absolute atomic E-state index is 0.0333. The van der Waals surface area contributed by atoms with Crippen LogP contribution in [0.25, 0.3) is 0 Å². The zero-order valence-corrected chi connectivity index (χ0v) is 14.3. The molecule has 0 heterocycles. The Morgan fingerprint density at radius 3 is 1.95 bits per heavy atom. The Kier molecular flexibility index (Phi) is 7.64. The summed E-state index contributed by atoms with van der Waals surface area (Å²) in [5.41, 5.74) is 2.23. The standard InChI is InChI=1S/C18H28N2O2/c1-5-11-19(12-6-2)18(22)14-20(16(4)21)13-17-9-7-15(3)8-10-17/h7-10H,5-6,11-14H2,1-4H3. The lowest BCUT2D eigenvalue weighted by Gasteiger charge is -2.26. The number of benzene rings is 1. The molecule has 4 nitrogen and oxygen atoms in total. The van der Waals surface area contributed by atoms with Gasteiger partial charge in [0.05, 0.1) is 0 Å². The van der Waals surface area contributed by atoms with Crippen LogP contribution in [-0.2, 0) is 16.1 Å². The smallest absolute Gasteiger partial charge is 0.242 e. The maximum absolute atomic E-state index is 12.4. The van der Waals surface area contributed by atoms with E-state index in [-0.39, 0.29) is 18.4 Å². The first-order chi connectivity index (χ1) is 10.5. The maximum Gasteiger partial charge on any atom is 0.242 e. The summed E-state index contributed by atoms with van der Waals surface area (Å²) in [7, 11) is 0. The third-order valence-electron chi connectivity index (χ3n) is 3.61. The van der Waals surface area contributed by atoms with Crippen molar-refractivity contribution >= 4 is 11.8 Å². The molecule has 0 radical (unpaired) electrons. The summed E-state index contributed by atoms with van der Waals surface area (Å²) in [5, 5.41) is 0. The molecule has 2 amide bonds. The number of nitrogens with zero attached hydrogens (tertiary/aromatic N) is 2. The van der Waals surface area contributed by atoms with Crippen LogP contribution in [0, 0.1) is 6.92 Å². The first-order valence-electron chi connectivity index (χ1n) is 8.06. The summed E-state index contributed by atoms with van der Waals surface area (Å²) >= 11 is 0. The maximum atomic E-state index is 12.4. The van der Waals surface area contributed by atoms with Gasteiger partial charge in [0.15, 0.2) is 0 Å². The molecule has 0 N–H and O–H groups in total. The molecular formula is C18H28N2O2. The zero-order valence-electron chi connectivity index (χ0n) is 14.3. The van der Waals surface area contributed by atoms with Gasteiger partial charge in [0.25, 0.3) is 0 Å². The fraction of sp³-hybridized carbons (Fsp3) is 0.556. The largest absolute Gasteiger partial charge is 0.341 e. The van der Waals surface area contributed by atoms with E-state index in [4.69, 9.17) is 0 Å². The Morgan fingerprint density at radius 1 is 0.955 bits per heavy atom. The SMILES string of the molecule is CCCN(CCC)C(=O)CN(Cc1ccc(C)cc1)C(C)=O. The van der Waals surface area contributed by atoms with Crippen molar-refractivity contribution in [2.24, 2.45) is 0 Å². The summed E-state index contributed by atoms with van der Waals surface area (Å²) in [6, 6.07) is 8.06. The van der Waals surface area contributed by atoms with Gasteiger partial charge in [-0.15, -0.1) is 0 Å². The number of amides is 2. The molecule has 1 aromatic carbocycles. The molecule has 4 heteroatoms. The molecule has 0 unspecified atom stereocenters. The lowest BCUT2D eigenvalue weighted by Crippen LogP contribution is -2.42. The van der Waals surface area contributed by atoms with Gasteiger partial charge in [-0.3, -0.25) is 9.59 Å². The molecule has 0 spiro atoms. The number of aryl methyl sites for hydroxylation is 1. The predicted octanol–water partition coefficient (Wildman–Crippen LogP) is 2.99. The highest BCUT2D eigenvalue weighted by atomic mass is 16.2. The van der Waals surface area contributed by atoms with E-state index in [0.29, 0.717) is 6.54 Å². The van der Waals surface area contributed by atoms with Gasteiger partial charge in [-0.05, 0) is 25.3 Å². The third-order valence-corrected chi connectivity index (χ3v) is 3.61. The highest BCUT2D eigenvalue weighted by Gasteiger charge is 2.18. The van der Waals surface area contributed by atoms with Gasteiger partial charge >= 0.3 is 0 Å².